The van der Waals surface area contributed by atoms with Crippen molar-refractivity contribution < 1.29 is 0 Å². The Bertz CT molecular complexity index is 154. The van der Waals surface area contributed by atoms with Gasteiger partial charge in [0.15, 0.2) is 5.84 Å². The highest BCUT2D eigenvalue weighted by atomic mass is 15.3. The number of hydrogen-bond donors (Lipinski definition) is 2. The highest BCUT2D eigenvalue weighted by Crippen LogP contribution is 1.82. The van der Waals surface area contributed by atoms with Crippen molar-refractivity contribution in [2.45, 2.75) is 0 Å². The van der Waals surface area contributed by atoms with Crippen molar-refractivity contribution in [1.29, 1.82) is 5.41 Å². The molecule has 0 aliphatic carbocycles. The monoisotopic (exact) mass is 96.0 g/mol. The van der Waals surface area contributed by atoms with E-state index in [-0.39, 0.29) is 11.5 Å². The molecule has 0 saturated heterocycles. The summed E-state index contributed by atoms with van der Waals surface area (Å²) in [6.07, 6.45) is 1.30. The lowest BCUT2D eigenvalue weighted by molar-refractivity contribution is 1.27. The molecule has 36 valence electrons. The van der Waals surface area contributed by atoms with Crippen LogP contribution in [0.5, 0.6) is 0 Å². The number of nitrogens with zero attached hydrogens (tertiary/aromatic N) is 2. The van der Waals surface area contributed by atoms with Crippen LogP contribution in [-0.4, -0.2) is 17.8 Å². The van der Waals surface area contributed by atoms with Gasteiger partial charge in [-0.2, -0.15) is 5.10 Å². The summed E-state index contributed by atoms with van der Waals surface area (Å²) in [7, 11) is 0. The van der Waals surface area contributed by atoms with Crippen molar-refractivity contribution in [2.75, 3.05) is 0 Å². The van der Waals surface area contributed by atoms with E-state index in [9.17, 15) is 0 Å². The van der Waals surface area contributed by atoms with Crippen LogP contribution in [0.4, 0.5) is 0 Å². The van der Waals surface area contributed by atoms with Crippen LogP contribution in [0, 0.1) is 5.41 Å². The third-order valence-corrected chi connectivity index (χ3v) is 0.628. The van der Waals surface area contributed by atoms with E-state index in [0.717, 1.165) is 0 Å². The minimum atomic E-state index is 0.194. The molecule has 1 heterocycles. The molecule has 0 amide bonds. The zero-order valence-corrected chi connectivity index (χ0v) is 3.55. The second kappa shape index (κ2) is 1.14. The number of nitrogens with one attached hydrogen (secondary N) is 1. The van der Waals surface area contributed by atoms with Crippen LogP contribution < -0.4 is 5.73 Å². The molecule has 7 heavy (non-hydrogen) atoms. The maximum absolute atomic E-state index is 6.85. The summed E-state index contributed by atoms with van der Waals surface area (Å²) in [4.78, 5) is 0. The average Bonchev–Trinajstić information content (AvgIpc) is 1.91. The minimum absolute atomic E-state index is 0.194. The first kappa shape index (κ1) is 3.98. The lowest BCUT2D eigenvalue weighted by Gasteiger charge is -1.79. The van der Waals surface area contributed by atoms with Crippen molar-refractivity contribution in [2.24, 2.45) is 15.9 Å². The van der Waals surface area contributed by atoms with Crippen LogP contribution in [0.25, 0.3) is 0 Å². The Morgan fingerprint density at radius 3 is 2.57 bits per heavy atom. The summed E-state index contributed by atoms with van der Waals surface area (Å²) in [5, 5.41) is 13.6. The van der Waals surface area contributed by atoms with E-state index < -0.39 is 0 Å². The predicted octanol–water partition coefficient (Wildman–Crippen LogP) is -0.637. The molecule has 0 spiro atoms. The lowest BCUT2D eigenvalue weighted by Crippen LogP contribution is -2.19. The fourth-order valence-electron chi connectivity index (χ4n) is 0.269. The van der Waals surface area contributed by atoms with Gasteiger partial charge >= 0.3 is 0 Å². The Morgan fingerprint density at radius 2 is 2.43 bits per heavy atom. The first-order chi connectivity index (χ1) is 3.30. The van der Waals surface area contributed by atoms with Gasteiger partial charge in [-0.1, -0.05) is 0 Å². The molecule has 0 fully saturated rings. The summed E-state index contributed by atoms with van der Waals surface area (Å²) >= 11 is 0. The topological polar surface area (TPSA) is 74.6 Å². The van der Waals surface area contributed by atoms with Crippen molar-refractivity contribution in [3.8, 4) is 0 Å². The largest absolute Gasteiger partial charge is 0.380 e. The minimum Gasteiger partial charge on any atom is -0.380 e. The number of hydrogen-bond acceptors (Lipinski definition) is 4. The van der Waals surface area contributed by atoms with Gasteiger partial charge in [0, 0.05) is 0 Å². The fourth-order valence-corrected chi connectivity index (χ4v) is 0.269. The van der Waals surface area contributed by atoms with E-state index in [1.165, 1.54) is 6.21 Å². The normalized spacial score (nSPS) is 17.7. The molecule has 1 aliphatic heterocycles. The highest BCUT2D eigenvalue weighted by molar-refractivity contribution is 6.62. The number of rotatable bonds is 0. The van der Waals surface area contributed by atoms with E-state index in [1.807, 2.05) is 0 Å². The molecular formula is C3H4N4. The summed E-state index contributed by atoms with van der Waals surface area (Å²) in [6.45, 7) is 0. The van der Waals surface area contributed by atoms with Crippen LogP contribution in [0.15, 0.2) is 10.2 Å². The maximum Gasteiger partial charge on any atom is 0.172 e. The summed E-state index contributed by atoms with van der Waals surface area (Å²) in [6, 6.07) is 0. The van der Waals surface area contributed by atoms with E-state index in [4.69, 9.17) is 11.1 Å². The Balaban J connectivity index is 2.89. The molecule has 3 N–H and O–H groups in total. The molecule has 0 saturated carbocycles. The zero-order valence-electron chi connectivity index (χ0n) is 3.55. The molecule has 0 unspecified atom stereocenters. The van der Waals surface area contributed by atoms with Crippen LogP contribution in [-0.2, 0) is 0 Å². The third-order valence-electron chi connectivity index (χ3n) is 0.628. The zero-order chi connectivity index (χ0) is 5.28. The van der Waals surface area contributed by atoms with Crippen LogP contribution >= 0.6 is 0 Å². The van der Waals surface area contributed by atoms with Crippen LogP contribution in [0.2, 0.25) is 0 Å². The molecule has 0 bridgehead atoms. The predicted molar refractivity (Wildman–Crippen MR) is 27.8 cm³/mol. The molecule has 1 rings (SSSR count). The quantitative estimate of drug-likeness (QED) is 0.413. The molecule has 1 aliphatic rings. The summed E-state index contributed by atoms with van der Waals surface area (Å²) < 4.78 is 0. The molecule has 0 aromatic carbocycles. The van der Waals surface area contributed by atoms with Crippen molar-refractivity contribution in [3.05, 3.63) is 0 Å². The average molecular weight is 96.1 g/mol. The molecular weight excluding hydrogens is 92.1 g/mol. The van der Waals surface area contributed by atoms with Gasteiger partial charge in [-0.05, 0) is 0 Å². The van der Waals surface area contributed by atoms with Gasteiger partial charge in [-0.25, -0.2) is 0 Å². The smallest absolute Gasteiger partial charge is 0.172 e. The van der Waals surface area contributed by atoms with E-state index in [0.29, 0.717) is 0 Å². The Morgan fingerprint density at radius 1 is 1.71 bits per heavy atom. The highest BCUT2D eigenvalue weighted by Gasteiger charge is 2.01. The molecule has 0 aromatic rings. The van der Waals surface area contributed by atoms with Gasteiger partial charge in [-0.15, -0.1) is 5.10 Å². The van der Waals surface area contributed by atoms with Crippen molar-refractivity contribution >= 4 is 17.8 Å². The van der Waals surface area contributed by atoms with Gasteiger partial charge in [0.1, 0.15) is 5.71 Å². The second-order valence-corrected chi connectivity index (χ2v) is 1.14. The first-order valence-electron chi connectivity index (χ1n) is 1.76. The summed E-state index contributed by atoms with van der Waals surface area (Å²) in [5.74, 6) is 0.194. The Labute approximate surface area is 40.2 Å². The first-order valence-corrected chi connectivity index (χ1v) is 1.76. The second-order valence-electron chi connectivity index (χ2n) is 1.14. The number of amidine groups is 1. The SMILES string of the molecule is N=C1C=NN=C1N. The Hall–Kier alpha value is -1.19. The van der Waals surface area contributed by atoms with E-state index in [2.05, 4.69) is 10.2 Å². The molecule has 4 heteroatoms. The third kappa shape index (κ3) is 0.489. The molecule has 0 aromatic heterocycles. The Kier molecular flexibility index (Phi) is 0.651. The van der Waals surface area contributed by atoms with Gasteiger partial charge in [-0.3, -0.25) is 5.41 Å². The van der Waals surface area contributed by atoms with Gasteiger partial charge in [0.25, 0.3) is 0 Å². The van der Waals surface area contributed by atoms with Gasteiger partial charge in [0.05, 0.1) is 6.21 Å². The van der Waals surface area contributed by atoms with E-state index >= 15 is 0 Å². The van der Waals surface area contributed by atoms with E-state index in [1.54, 1.807) is 0 Å². The fraction of sp³-hybridized carbons (Fsp3) is 0. The summed E-state index contributed by atoms with van der Waals surface area (Å²) in [5.41, 5.74) is 5.27. The number of nitrogens with two attached hydrogens (primary N) is 1. The van der Waals surface area contributed by atoms with Crippen molar-refractivity contribution in [1.82, 2.24) is 0 Å². The maximum atomic E-state index is 6.85. The lowest BCUT2D eigenvalue weighted by atomic mass is 10.4. The molecule has 0 radical (unpaired) electrons. The van der Waals surface area contributed by atoms with Crippen molar-refractivity contribution in [3.63, 3.8) is 0 Å². The molecule has 0 atom stereocenters. The standard InChI is InChI=1S/C3H4N4/c4-2-1-6-7-3(2)5/h1H,(H3,4,5,7). The van der Waals surface area contributed by atoms with Gasteiger partial charge < -0.3 is 5.73 Å². The van der Waals surface area contributed by atoms with Crippen LogP contribution in [0.3, 0.4) is 0 Å². The van der Waals surface area contributed by atoms with Crippen LogP contribution in [0.1, 0.15) is 0 Å². The van der Waals surface area contributed by atoms with Gasteiger partial charge in [0.2, 0.25) is 0 Å². The molecule has 4 nitrogen and oxygen atoms in total.